The zero-order chi connectivity index (χ0) is 21.2. The molecule has 4 atom stereocenters. The lowest BCUT2D eigenvalue weighted by molar-refractivity contribution is -0.402. The van der Waals surface area contributed by atoms with E-state index in [-0.39, 0.29) is 11.3 Å². The van der Waals surface area contributed by atoms with E-state index in [1.165, 1.54) is 16.7 Å². The lowest BCUT2D eigenvalue weighted by Crippen LogP contribution is -2.71. The molecule has 2 fully saturated rings. The molecule has 0 bridgehead atoms. The van der Waals surface area contributed by atoms with Crippen LogP contribution in [0.5, 0.6) is 0 Å². The van der Waals surface area contributed by atoms with Crippen molar-refractivity contribution < 1.29 is 24.6 Å². The van der Waals surface area contributed by atoms with Crippen LogP contribution in [0.3, 0.4) is 0 Å². The number of hydrogen-bond donors (Lipinski definition) is 3. The average Bonchev–Trinajstić information content (AvgIpc) is 2.87. The highest BCUT2D eigenvalue weighted by molar-refractivity contribution is 8.01. The molecule has 0 unspecified atom stereocenters. The highest BCUT2D eigenvalue weighted by Crippen LogP contribution is 2.50. The van der Waals surface area contributed by atoms with Gasteiger partial charge in [-0.3, -0.25) is 9.59 Å². The van der Waals surface area contributed by atoms with Gasteiger partial charge in [-0.2, -0.15) is 0 Å². The maximum Gasteiger partial charge on any atom is 0.327 e. The molecule has 2 amide bonds. The largest absolute Gasteiger partial charge is 0.480 e. The van der Waals surface area contributed by atoms with Gasteiger partial charge >= 0.3 is 5.97 Å². The number of carbonyl (C=O) groups is 3. The van der Waals surface area contributed by atoms with Crippen LogP contribution in [0.1, 0.15) is 25.5 Å². The molecule has 12 heteroatoms. The van der Waals surface area contributed by atoms with Crippen LogP contribution in [0.2, 0.25) is 0 Å². The Bertz CT molecular complexity index is 784. The zero-order valence-corrected chi connectivity index (χ0v) is 15.8. The fourth-order valence-electron chi connectivity index (χ4n) is 3.20. The summed E-state index contributed by atoms with van der Waals surface area (Å²) in [6.07, 6.45) is 0. The van der Waals surface area contributed by atoms with E-state index >= 15 is 0 Å². The third kappa shape index (κ3) is 4.17. The number of fused-ring (bicyclic) bond motifs is 1. The minimum absolute atomic E-state index is 0.375. The molecule has 0 aliphatic carbocycles. The summed E-state index contributed by atoms with van der Waals surface area (Å²) in [5.74, 6) is -1.86. The van der Waals surface area contributed by atoms with Gasteiger partial charge in [0.25, 0.3) is 0 Å². The molecule has 2 heterocycles. The average molecular weight is 411 g/mol. The Morgan fingerprint density at radius 2 is 1.86 bits per heavy atom. The third-order valence-corrected chi connectivity index (χ3v) is 5.99. The molecule has 4 N–H and O–H groups in total. The Morgan fingerprint density at radius 1 is 1.32 bits per heavy atom. The van der Waals surface area contributed by atoms with Crippen LogP contribution < -0.4 is 11.1 Å². The topological polar surface area (TPSA) is 179 Å². The van der Waals surface area contributed by atoms with Crippen LogP contribution in [0, 0.1) is 15.3 Å². The molecule has 28 heavy (non-hydrogen) atoms. The second-order valence-electron chi connectivity index (χ2n) is 6.70. The van der Waals surface area contributed by atoms with Gasteiger partial charge in [-0.05, 0) is 19.4 Å². The van der Waals surface area contributed by atoms with E-state index in [1.807, 2.05) is 6.07 Å². The van der Waals surface area contributed by atoms with E-state index < -0.39 is 39.8 Å². The molecular weight excluding hydrogens is 392 g/mol. The standard InChI is InChI=1S/C16H19N3O4S.NO3/c1-16(2)11(15(22)23)19-13(21)10(14(19)24-16)18-12(20)9(17)8-6-4-3-5-7-8;2-1(3)4/h3-7,9-11,14H,17H2,1-2H3,(H,18,20)(H,22,23);/q;-1/t9-,10-,11+,14-;/m1./s1. The summed E-state index contributed by atoms with van der Waals surface area (Å²) < 4.78 is -0.618. The van der Waals surface area contributed by atoms with Crippen molar-refractivity contribution in [1.82, 2.24) is 10.2 Å². The van der Waals surface area contributed by atoms with Crippen LogP contribution in [-0.2, 0) is 14.4 Å². The number of carboxylic acid groups (broad SMARTS) is 1. The molecule has 2 saturated heterocycles. The number of hydrogen-bond acceptors (Lipinski definition) is 8. The quantitative estimate of drug-likeness (QED) is 0.351. The van der Waals surface area contributed by atoms with Crippen molar-refractivity contribution in [2.45, 2.75) is 42.1 Å². The molecule has 0 spiro atoms. The van der Waals surface area contributed by atoms with Crippen LogP contribution >= 0.6 is 11.8 Å². The molecule has 0 aromatic heterocycles. The van der Waals surface area contributed by atoms with Crippen molar-refractivity contribution >= 4 is 29.5 Å². The van der Waals surface area contributed by atoms with Crippen LogP contribution in [0.4, 0.5) is 0 Å². The molecule has 2 aliphatic heterocycles. The van der Waals surface area contributed by atoms with Gasteiger partial charge in [0.05, 0.1) is 5.09 Å². The Kier molecular flexibility index (Phi) is 6.14. The molecular formula is C16H19N4O7S-. The Balaban J connectivity index is 0.000000640. The normalized spacial score (nSPS) is 25.5. The summed E-state index contributed by atoms with van der Waals surface area (Å²) >= 11 is 1.38. The number of thioether (sulfide) groups is 1. The van der Waals surface area contributed by atoms with Crippen molar-refractivity contribution in [3.63, 3.8) is 0 Å². The molecule has 11 nitrogen and oxygen atoms in total. The van der Waals surface area contributed by atoms with Gasteiger partial charge in [-0.25, -0.2) is 4.79 Å². The van der Waals surface area contributed by atoms with Crippen LogP contribution in [0.25, 0.3) is 0 Å². The van der Waals surface area contributed by atoms with Gasteiger partial charge in [0.15, 0.2) is 0 Å². The van der Waals surface area contributed by atoms with Gasteiger partial charge in [0, 0.05) is 4.75 Å². The molecule has 1 aromatic rings. The number of aliphatic carboxylic acids is 1. The summed E-state index contributed by atoms with van der Waals surface area (Å²) in [6, 6.07) is 6.38. The molecule has 0 radical (unpaired) electrons. The zero-order valence-electron chi connectivity index (χ0n) is 15.0. The number of carbonyl (C=O) groups excluding carboxylic acids is 2. The molecule has 0 saturated carbocycles. The van der Waals surface area contributed by atoms with Crippen molar-refractivity contribution in [1.29, 1.82) is 0 Å². The highest BCUT2D eigenvalue weighted by atomic mass is 32.2. The number of rotatable bonds is 4. The third-order valence-electron chi connectivity index (χ3n) is 4.41. The predicted molar refractivity (Wildman–Crippen MR) is 99.4 cm³/mol. The SMILES string of the molecule is CC1(C)S[C@@H]2[C@H](NC(=O)[C@H](N)c3ccccc3)C(=O)N2[C@H]1C(=O)O.O=[N+]([O-])[O-]. The minimum Gasteiger partial charge on any atom is -0.480 e. The fraction of sp³-hybridized carbons (Fsp3) is 0.438. The van der Waals surface area contributed by atoms with Gasteiger partial charge < -0.3 is 36.4 Å². The Morgan fingerprint density at radius 3 is 2.36 bits per heavy atom. The number of nitrogens with one attached hydrogen (secondary N) is 1. The number of amides is 2. The minimum atomic E-state index is -1.75. The summed E-state index contributed by atoms with van der Waals surface area (Å²) in [7, 11) is 0. The molecule has 152 valence electrons. The first kappa shape index (κ1) is 21.4. The van der Waals surface area contributed by atoms with E-state index in [2.05, 4.69) is 5.32 Å². The lowest BCUT2D eigenvalue weighted by atomic mass is 9.95. The lowest BCUT2D eigenvalue weighted by Gasteiger charge is -2.43. The van der Waals surface area contributed by atoms with Gasteiger partial charge in [-0.15, -0.1) is 11.8 Å². The number of β-lactam (4-membered cyclic amide) rings is 1. The van der Waals surface area contributed by atoms with Crippen LogP contribution in [0.15, 0.2) is 30.3 Å². The van der Waals surface area contributed by atoms with Gasteiger partial charge in [-0.1, -0.05) is 30.3 Å². The summed E-state index contributed by atoms with van der Waals surface area (Å²) in [4.78, 5) is 45.7. The first-order valence-corrected chi connectivity index (χ1v) is 9.00. The van der Waals surface area contributed by atoms with Gasteiger partial charge in [0.1, 0.15) is 23.5 Å². The molecule has 2 aliphatic rings. The van der Waals surface area contributed by atoms with Crippen molar-refractivity contribution in [2.24, 2.45) is 5.73 Å². The van der Waals surface area contributed by atoms with Crippen molar-refractivity contribution in [3.8, 4) is 0 Å². The molecule has 1 aromatic carbocycles. The van der Waals surface area contributed by atoms with Gasteiger partial charge in [0.2, 0.25) is 11.8 Å². The first-order chi connectivity index (χ1) is 13.0. The van der Waals surface area contributed by atoms with E-state index in [1.54, 1.807) is 38.1 Å². The second-order valence-corrected chi connectivity index (χ2v) is 8.47. The second kappa shape index (κ2) is 8.02. The predicted octanol–water partition coefficient (Wildman–Crippen LogP) is 0.0790. The number of benzene rings is 1. The monoisotopic (exact) mass is 411 g/mol. The highest BCUT2D eigenvalue weighted by Gasteiger charge is 2.64. The number of nitrogens with zero attached hydrogens (tertiary/aromatic N) is 2. The smallest absolute Gasteiger partial charge is 0.327 e. The number of carboxylic acids is 1. The number of nitrogens with two attached hydrogens (primary N) is 1. The Hall–Kier alpha value is -2.86. The first-order valence-electron chi connectivity index (χ1n) is 8.12. The van der Waals surface area contributed by atoms with E-state index in [0.717, 1.165) is 0 Å². The van der Waals surface area contributed by atoms with Crippen molar-refractivity contribution in [3.05, 3.63) is 51.2 Å². The van der Waals surface area contributed by atoms with Crippen LogP contribution in [-0.4, -0.2) is 55.1 Å². The molecule has 3 rings (SSSR count). The fourth-order valence-corrected chi connectivity index (χ4v) is 4.83. The summed E-state index contributed by atoms with van der Waals surface area (Å²) in [5.41, 5.74) is 6.59. The van der Waals surface area contributed by atoms with E-state index in [4.69, 9.17) is 21.1 Å². The van der Waals surface area contributed by atoms with E-state index in [9.17, 15) is 19.5 Å². The summed E-state index contributed by atoms with van der Waals surface area (Å²) in [6.45, 7) is 3.58. The van der Waals surface area contributed by atoms with E-state index in [0.29, 0.717) is 5.56 Å². The Labute approximate surface area is 164 Å². The summed E-state index contributed by atoms with van der Waals surface area (Å²) in [5, 5.41) is 26.4. The maximum absolute atomic E-state index is 12.3. The van der Waals surface area contributed by atoms with Crippen molar-refractivity contribution in [2.75, 3.05) is 0 Å². The maximum atomic E-state index is 12.3.